The highest BCUT2D eigenvalue weighted by atomic mass is 32.2. The van der Waals surface area contributed by atoms with E-state index in [9.17, 15) is 9.11 Å². The third-order valence-corrected chi connectivity index (χ3v) is 10.3. The van der Waals surface area contributed by atoms with Gasteiger partial charge in [-0.25, -0.2) is 0 Å². The Labute approximate surface area is 175 Å². The molecule has 8 atom stereocenters. The maximum atomic E-state index is 13.1. The van der Waals surface area contributed by atoms with Crippen LogP contribution in [-0.2, 0) is 41.3 Å². The average molecular weight is 437 g/mol. The first kappa shape index (κ1) is 23.1. The van der Waals surface area contributed by atoms with Gasteiger partial charge in [0.05, 0.1) is 24.4 Å². The molecule has 6 nitrogen and oxygen atoms in total. The average Bonchev–Trinajstić information content (AvgIpc) is 2.68. The molecule has 4 bridgehead atoms. The van der Waals surface area contributed by atoms with Crippen LogP contribution in [0.2, 0.25) is 0 Å². The Bertz CT molecular complexity index is 402. The Kier molecular flexibility index (Phi) is 8.81. The van der Waals surface area contributed by atoms with Gasteiger partial charge in [-0.15, -0.1) is 0 Å². The maximum absolute atomic E-state index is 13.1. The third-order valence-electron chi connectivity index (χ3n) is 7.05. The second-order valence-electron chi connectivity index (χ2n) is 8.63. The van der Waals surface area contributed by atoms with Crippen LogP contribution in [0, 0.1) is 23.7 Å². The number of methoxy groups -OCH3 is 4. The molecule has 2 saturated carbocycles. The van der Waals surface area contributed by atoms with Crippen LogP contribution in [0.15, 0.2) is 0 Å². The van der Waals surface area contributed by atoms with Gasteiger partial charge < -0.3 is 28.1 Å². The molecule has 0 N–H and O–H groups in total. The molecule has 4 saturated heterocycles. The van der Waals surface area contributed by atoms with Crippen LogP contribution in [-0.4, -0.2) is 85.0 Å². The van der Waals surface area contributed by atoms with Crippen molar-refractivity contribution >= 4 is 22.4 Å². The molecule has 6 rings (SSSR count). The van der Waals surface area contributed by atoms with E-state index in [0.29, 0.717) is 23.0 Å². The van der Waals surface area contributed by atoms with E-state index in [0.717, 1.165) is 25.7 Å². The zero-order valence-electron chi connectivity index (χ0n) is 17.5. The van der Waals surface area contributed by atoms with E-state index in [4.69, 9.17) is 18.9 Å². The molecule has 6 fully saturated rings. The van der Waals surface area contributed by atoms with Crippen LogP contribution in [0.4, 0.5) is 0 Å². The summed E-state index contributed by atoms with van der Waals surface area (Å²) >= 11 is -1.88. The largest absolute Gasteiger partial charge is 0.616 e. The van der Waals surface area contributed by atoms with Crippen molar-refractivity contribution in [1.82, 2.24) is 0 Å². The first-order chi connectivity index (χ1) is 13.5. The molecule has 2 aliphatic carbocycles. The Balaban J connectivity index is 1.84. The molecule has 8 heteroatoms. The molecule has 6 aliphatic rings. The topological polar surface area (TPSA) is 83.0 Å². The van der Waals surface area contributed by atoms with E-state index in [1.54, 1.807) is 28.4 Å². The predicted molar refractivity (Wildman–Crippen MR) is 111 cm³/mol. The van der Waals surface area contributed by atoms with E-state index < -0.39 is 22.4 Å². The molecular weight excluding hydrogens is 400 g/mol. The van der Waals surface area contributed by atoms with Crippen molar-refractivity contribution in [1.29, 1.82) is 0 Å². The Morgan fingerprint density at radius 1 is 0.500 bits per heavy atom. The third kappa shape index (κ3) is 5.38. The van der Waals surface area contributed by atoms with Crippen molar-refractivity contribution in [2.24, 2.45) is 23.7 Å². The summed E-state index contributed by atoms with van der Waals surface area (Å²) in [4.78, 5) is 0. The van der Waals surface area contributed by atoms with E-state index in [1.807, 2.05) is 0 Å². The van der Waals surface area contributed by atoms with Crippen molar-refractivity contribution in [3.8, 4) is 0 Å². The highest BCUT2D eigenvalue weighted by molar-refractivity contribution is 7.91. The number of hydrogen-bond donors (Lipinski definition) is 0. The molecule has 0 radical (unpaired) electrons. The van der Waals surface area contributed by atoms with E-state index in [1.165, 1.54) is 0 Å². The van der Waals surface area contributed by atoms with E-state index >= 15 is 0 Å². The van der Waals surface area contributed by atoms with Crippen molar-refractivity contribution < 1.29 is 28.1 Å². The quantitative estimate of drug-likeness (QED) is 0.623. The van der Waals surface area contributed by atoms with Crippen molar-refractivity contribution in [3.63, 3.8) is 0 Å². The fraction of sp³-hybridized carbons (Fsp3) is 1.00. The van der Waals surface area contributed by atoms with E-state index in [-0.39, 0.29) is 48.1 Å². The molecule has 0 aromatic heterocycles. The lowest BCUT2D eigenvalue weighted by Gasteiger charge is -2.43. The zero-order chi connectivity index (χ0) is 20.3. The van der Waals surface area contributed by atoms with Crippen LogP contribution in [0.3, 0.4) is 0 Å². The standard InChI is InChI=1S/C20H36O6S2/c1-23-17-5-14-10-28(22)12-16-8-19(25-3)15(7-20(16)26-4)11-27(21)9-13(17)6-18(14)24-2/h13-20H,5-12H2,1-4H3/t13-,14-,15-,16-,17-,18?,19-,20?,27-,28+/m0/s1. The van der Waals surface area contributed by atoms with E-state index in [2.05, 4.69) is 0 Å². The lowest BCUT2D eigenvalue weighted by atomic mass is 9.79. The van der Waals surface area contributed by atoms with Crippen LogP contribution in [0.1, 0.15) is 25.7 Å². The molecular formula is C20H36O6S2. The predicted octanol–water partition coefficient (Wildman–Crippen LogP) is 1.61. The lowest BCUT2D eigenvalue weighted by Crippen LogP contribution is -2.49. The van der Waals surface area contributed by atoms with Gasteiger partial charge in [-0.05, 0) is 25.7 Å². The molecule has 4 aliphatic heterocycles. The molecule has 4 heterocycles. The van der Waals surface area contributed by atoms with Crippen LogP contribution in [0.25, 0.3) is 0 Å². The minimum atomic E-state index is -0.938. The van der Waals surface area contributed by atoms with Gasteiger partial charge in [-0.2, -0.15) is 0 Å². The fourth-order valence-electron chi connectivity index (χ4n) is 5.52. The number of ether oxygens (including phenoxy) is 4. The normalized spacial score (nSPS) is 47.8. The van der Waals surface area contributed by atoms with Crippen molar-refractivity contribution in [2.45, 2.75) is 50.1 Å². The highest BCUT2D eigenvalue weighted by Crippen LogP contribution is 2.39. The second kappa shape index (κ2) is 10.7. The molecule has 0 spiro atoms. The minimum absolute atomic E-state index is 0.0578. The number of hydrogen-bond acceptors (Lipinski definition) is 6. The Hall–Kier alpha value is 0.460. The van der Waals surface area contributed by atoms with Crippen molar-refractivity contribution in [3.05, 3.63) is 0 Å². The summed E-state index contributed by atoms with van der Waals surface area (Å²) in [6.07, 6.45) is 3.53. The van der Waals surface area contributed by atoms with Crippen molar-refractivity contribution in [2.75, 3.05) is 51.5 Å². The summed E-state index contributed by atoms with van der Waals surface area (Å²) < 4.78 is 49.2. The maximum Gasteiger partial charge on any atom is 0.111 e. The Morgan fingerprint density at radius 2 is 0.714 bits per heavy atom. The number of rotatable bonds is 4. The van der Waals surface area contributed by atoms with Gasteiger partial charge in [0.1, 0.15) is 23.0 Å². The minimum Gasteiger partial charge on any atom is -0.616 e. The summed E-state index contributed by atoms with van der Waals surface area (Å²) in [5.74, 6) is 3.34. The molecule has 28 heavy (non-hydrogen) atoms. The van der Waals surface area contributed by atoms with Gasteiger partial charge in [0, 0.05) is 52.1 Å². The fourth-order valence-corrected chi connectivity index (χ4v) is 9.10. The van der Waals surface area contributed by atoms with Gasteiger partial charge in [-0.3, -0.25) is 0 Å². The molecule has 164 valence electrons. The monoisotopic (exact) mass is 436 g/mol. The smallest absolute Gasteiger partial charge is 0.111 e. The summed E-state index contributed by atoms with van der Waals surface area (Å²) in [7, 11) is 6.93. The molecule has 0 amide bonds. The first-order valence-electron chi connectivity index (χ1n) is 10.3. The summed E-state index contributed by atoms with van der Waals surface area (Å²) in [5, 5.41) is 0. The summed E-state index contributed by atoms with van der Waals surface area (Å²) in [6.45, 7) is 0. The molecule has 2 unspecified atom stereocenters. The lowest BCUT2D eigenvalue weighted by molar-refractivity contribution is -0.0593. The highest BCUT2D eigenvalue weighted by Gasteiger charge is 2.46. The molecule has 0 aromatic carbocycles. The Morgan fingerprint density at radius 3 is 0.893 bits per heavy atom. The van der Waals surface area contributed by atoms with Gasteiger partial charge in [0.25, 0.3) is 0 Å². The molecule has 0 aromatic rings. The zero-order valence-corrected chi connectivity index (χ0v) is 19.2. The first-order valence-corrected chi connectivity index (χ1v) is 13.3. The SMILES string of the molecule is COC1C[C@H]2C[S@+]([O-])C[C@@H]3CC(OC)[C@@H](C[C@@H]3OC)C[S@+]([O-])C[C@@H]1C[C@@H]2OC. The van der Waals surface area contributed by atoms with Crippen LogP contribution >= 0.6 is 0 Å². The summed E-state index contributed by atoms with van der Waals surface area (Å²) in [6, 6.07) is 0. The van der Waals surface area contributed by atoms with Gasteiger partial charge >= 0.3 is 0 Å². The second-order valence-corrected chi connectivity index (χ2v) is 11.7. The van der Waals surface area contributed by atoms with Gasteiger partial charge in [-0.1, -0.05) is 22.4 Å². The summed E-state index contributed by atoms with van der Waals surface area (Å²) in [5.41, 5.74) is 0. The van der Waals surface area contributed by atoms with Crippen LogP contribution in [0.5, 0.6) is 0 Å². The van der Waals surface area contributed by atoms with Gasteiger partial charge in [0.15, 0.2) is 0 Å². The van der Waals surface area contributed by atoms with Crippen LogP contribution < -0.4 is 0 Å². The van der Waals surface area contributed by atoms with Gasteiger partial charge in [0.2, 0.25) is 0 Å².